The van der Waals surface area contributed by atoms with Gasteiger partial charge in [0.05, 0.1) is 17.3 Å². The van der Waals surface area contributed by atoms with Crippen molar-refractivity contribution in [1.29, 1.82) is 0 Å². The van der Waals surface area contributed by atoms with Crippen LogP contribution in [0.25, 0.3) is 10.2 Å². The van der Waals surface area contributed by atoms with Gasteiger partial charge in [0, 0.05) is 18.3 Å². The van der Waals surface area contributed by atoms with Crippen LogP contribution in [0.1, 0.15) is 10.4 Å². The Balaban J connectivity index is 1.89. The Labute approximate surface area is 131 Å². The number of nitrogens with two attached hydrogens (primary N) is 1. The second-order valence-corrected chi connectivity index (χ2v) is 5.86. The summed E-state index contributed by atoms with van der Waals surface area (Å²) in [5.41, 5.74) is 7.91. The number of carbonyl (C=O) groups excluding carboxylic acids is 1. The average Bonchev–Trinajstić information content (AvgIpc) is 2.92. The van der Waals surface area contributed by atoms with E-state index in [-0.39, 0.29) is 5.91 Å². The first-order valence-corrected chi connectivity index (χ1v) is 7.48. The van der Waals surface area contributed by atoms with E-state index in [4.69, 9.17) is 10.5 Å². The molecule has 2 N–H and O–H groups in total. The van der Waals surface area contributed by atoms with Crippen molar-refractivity contribution in [1.82, 2.24) is 4.98 Å². The van der Waals surface area contributed by atoms with Crippen molar-refractivity contribution < 1.29 is 9.53 Å². The molecular formula is C16H15N3O2S. The number of nitrogens with zero attached hydrogens (tertiary/aromatic N) is 2. The van der Waals surface area contributed by atoms with Crippen LogP contribution in [0.2, 0.25) is 0 Å². The minimum Gasteiger partial charge on any atom is -0.497 e. The largest absolute Gasteiger partial charge is 0.497 e. The van der Waals surface area contributed by atoms with Crippen molar-refractivity contribution in [3.63, 3.8) is 0 Å². The molecule has 5 nitrogen and oxygen atoms in total. The van der Waals surface area contributed by atoms with Gasteiger partial charge in [-0.2, -0.15) is 0 Å². The smallest absolute Gasteiger partial charge is 0.258 e. The van der Waals surface area contributed by atoms with Crippen LogP contribution in [0, 0.1) is 0 Å². The lowest BCUT2D eigenvalue weighted by Crippen LogP contribution is -2.26. The third kappa shape index (κ3) is 2.60. The summed E-state index contributed by atoms with van der Waals surface area (Å²) < 4.78 is 6.03. The third-order valence-corrected chi connectivity index (χ3v) is 4.26. The predicted molar refractivity (Wildman–Crippen MR) is 89.8 cm³/mol. The zero-order valence-corrected chi connectivity index (χ0v) is 13.1. The SMILES string of the molecule is COc1ccc(N(C)C(=O)c2ccc3nc(N)sc3c2)cc1. The van der Waals surface area contributed by atoms with Gasteiger partial charge in [0.25, 0.3) is 5.91 Å². The molecule has 6 heteroatoms. The molecule has 0 aliphatic rings. The number of ether oxygens (including phenoxy) is 1. The monoisotopic (exact) mass is 313 g/mol. The summed E-state index contributed by atoms with van der Waals surface area (Å²) in [6.45, 7) is 0. The van der Waals surface area contributed by atoms with E-state index in [9.17, 15) is 4.79 Å². The summed E-state index contributed by atoms with van der Waals surface area (Å²) in [4.78, 5) is 18.4. The van der Waals surface area contributed by atoms with Crippen molar-refractivity contribution in [2.45, 2.75) is 0 Å². The molecule has 0 bridgehead atoms. The molecule has 0 saturated carbocycles. The average molecular weight is 313 g/mol. The molecule has 0 radical (unpaired) electrons. The second kappa shape index (κ2) is 5.65. The number of amides is 1. The minimum absolute atomic E-state index is 0.0842. The molecule has 3 rings (SSSR count). The Morgan fingerprint density at radius 1 is 1.23 bits per heavy atom. The lowest BCUT2D eigenvalue weighted by atomic mass is 10.2. The van der Waals surface area contributed by atoms with Gasteiger partial charge < -0.3 is 15.4 Å². The number of anilines is 2. The standard InChI is InChI=1S/C16H15N3O2S/c1-19(11-4-6-12(21-2)7-5-11)15(20)10-3-8-13-14(9-10)22-16(17)18-13/h3-9H,1-2H3,(H2,17,18). The van der Waals surface area contributed by atoms with Gasteiger partial charge in [0.1, 0.15) is 5.75 Å². The summed E-state index contributed by atoms with van der Waals surface area (Å²) >= 11 is 1.38. The molecule has 22 heavy (non-hydrogen) atoms. The van der Waals surface area contributed by atoms with Crippen LogP contribution in [-0.4, -0.2) is 25.0 Å². The zero-order chi connectivity index (χ0) is 15.7. The maximum absolute atomic E-state index is 12.6. The minimum atomic E-state index is -0.0842. The van der Waals surface area contributed by atoms with E-state index in [0.717, 1.165) is 21.7 Å². The molecule has 0 atom stereocenters. The number of fused-ring (bicyclic) bond motifs is 1. The molecule has 112 valence electrons. The molecule has 1 aromatic heterocycles. The third-order valence-electron chi connectivity index (χ3n) is 3.42. The van der Waals surface area contributed by atoms with Crippen molar-refractivity contribution in [3.8, 4) is 5.75 Å². The Morgan fingerprint density at radius 2 is 1.95 bits per heavy atom. The van der Waals surface area contributed by atoms with Gasteiger partial charge in [0.2, 0.25) is 0 Å². The van der Waals surface area contributed by atoms with Gasteiger partial charge in [-0.15, -0.1) is 0 Å². The fraction of sp³-hybridized carbons (Fsp3) is 0.125. The number of carbonyl (C=O) groups is 1. The number of benzene rings is 2. The summed E-state index contributed by atoms with van der Waals surface area (Å²) in [5.74, 6) is 0.671. The van der Waals surface area contributed by atoms with Crippen molar-refractivity contribution >= 4 is 38.3 Å². The first-order valence-electron chi connectivity index (χ1n) is 6.66. The number of nitrogen functional groups attached to an aromatic ring is 1. The van der Waals surface area contributed by atoms with E-state index in [1.165, 1.54) is 11.3 Å². The number of hydrogen-bond acceptors (Lipinski definition) is 5. The summed E-state index contributed by atoms with van der Waals surface area (Å²) in [6.07, 6.45) is 0. The van der Waals surface area contributed by atoms with E-state index in [0.29, 0.717) is 10.7 Å². The maximum Gasteiger partial charge on any atom is 0.258 e. The van der Waals surface area contributed by atoms with Crippen molar-refractivity contribution in [3.05, 3.63) is 48.0 Å². The van der Waals surface area contributed by atoms with E-state index in [1.54, 1.807) is 25.1 Å². The summed E-state index contributed by atoms with van der Waals surface area (Å²) in [6, 6.07) is 12.8. The molecule has 3 aromatic rings. The predicted octanol–water partition coefficient (Wildman–Crippen LogP) is 3.16. The highest BCUT2D eigenvalue weighted by Crippen LogP contribution is 2.26. The number of rotatable bonds is 3. The van der Waals surface area contributed by atoms with Gasteiger partial charge in [-0.05, 0) is 42.5 Å². The van der Waals surface area contributed by atoms with Crippen LogP contribution in [0.5, 0.6) is 5.75 Å². The van der Waals surface area contributed by atoms with Crippen molar-refractivity contribution in [2.75, 3.05) is 24.8 Å². The first kappa shape index (κ1) is 14.3. The van der Waals surface area contributed by atoms with Crippen LogP contribution < -0.4 is 15.4 Å². The van der Waals surface area contributed by atoms with Crippen LogP contribution in [0.3, 0.4) is 0 Å². The molecule has 0 fully saturated rings. The molecule has 0 spiro atoms. The van der Waals surface area contributed by atoms with Crippen molar-refractivity contribution in [2.24, 2.45) is 0 Å². The molecule has 2 aromatic carbocycles. The first-order chi connectivity index (χ1) is 10.6. The van der Waals surface area contributed by atoms with Crippen LogP contribution in [0.15, 0.2) is 42.5 Å². The highest BCUT2D eigenvalue weighted by atomic mass is 32.1. The van der Waals surface area contributed by atoms with Crippen LogP contribution >= 0.6 is 11.3 Å². The Morgan fingerprint density at radius 3 is 2.64 bits per heavy atom. The van der Waals surface area contributed by atoms with Crippen LogP contribution in [-0.2, 0) is 0 Å². The van der Waals surface area contributed by atoms with E-state index in [1.807, 2.05) is 36.4 Å². The molecular weight excluding hydrogens is 298 g/mol. The Bertz CT molecular complexity index is 827. The second-order valence-electron chi connectivity index (χ2n) is 4.80. The highest BCUT2D eigenvalue weighted by Gasteiger charge is 2.15. The fourth-order valence-electron chi connectivity index (χ4n) is 2.19. The Hall–Kier alpha value is -2.60. The Kier molecular flexibility index (Phi) is 3.68. The van der Waals surface area contributed by atoms with Crippen LogP contribution in [0.4, 0.5) is 10.8 Å². The molecule has 0 saturated heterocycles. The molecule has 0 aliphatic heterocycles. The summed E-state index contributed by atoms with van der Waals surface area (Å²) in [5, 5.41) is 0.503. The number of methoxy groups -OCH3 is 1. The van der Waals surface area contributed by atoms with E-state index in [2.05, 4.69) is 4.98 Å². The normalized spacial score (nSPS) is 10.6. The topological polar surface area (TPSA) is 68.5 Å². The molecule has 1 amide bonds. The van der Waals surface area contributed by atoms with Gasteiger partial charge >= 0.3 is 0 Å². The van der Waals surface area contributed by atoms with E-state index < -0.39 is 0 Å². The molecule has 1 heterocycles. The van der Waals surface area contributed by atoms with E-state index >= 15 is 0 Å². The number of thiazole rings is 1. The fourth-order valence-corrected chi connectivity index (χ4v) is 2.97. The highest BCUT2D eigenvalue weighted by molar-refractivity contribution is 7.22. The van der Waals surface area contributed by atoms with Gasteiger partial charge in [-0.3, -0.25) is 4.79 Å². The summed E-state index contributed by atoms with van der Waals surface area (Å²) in [7, 11) is 3.36. The van der Waals surface area contributed by atoms with Gasteiger partial charge in [0.15, 0.2) is 5.13 Å². The molecule has 0 aliphatic carbocycles. The number of aromatic nitrogens is 1. The lowest BCUT2D eigenvalue weighted by Gasteiger charge is -2.17. The number of hydrogen-bond donors (Lipinski definition) is 1. The lowest BCUT2D eigenvalue weighted by molar-refractivity contribution is 0.0993. The van der Waals surface area contributed by atoms with Gasteiger partial charge in [-0.25, -0.2) is 4.98 Å². The molecule has 0 unspecified atom stereocenters. The zero-order valence-electron chi connectivity index (χ0n) is 12.2. The maximum atomic E-state index is 12.6. The quantitative estimate of drug-likeness (QED) is 0.806. The van der Waals surface area contributed by atoms with Gasteiger partial charge in [-0.1, -0.05) is 11.3 Å².